The second-order valence-corrected chi connectivity index (χ2v) is 7.79. The van der Waals surface area contributed by atoms with Gasteiger partial charge in [-0.05, 0) is 68.5 Å². The lowest BCUT2D eigenvalue weighted by atomic mass is 10.0. The molecule has 2 N–H and O–H groups in total. The van der Waals surface area contributed by atoms with Crippen LogP contribution >= 0.6 is 15.9 Å². The average molecular weight is 413 g/mol. The highest BCUT2D eigenvalue weighted by molar-refractivity contribution is 9.10. The molecule has 0 saturated carbocycles. The van der Waals surface area contributed by atoms with Crippen molar-refractivity contribution < 1.29 is 0 Å². The zero-order valence-corrected chi connectivity index (χ0v) is 17.7. The Morgan fingerprint density at radius 3 is 1.88 bits per heavy atom. The summed E-state index contributed by atoms with van der Waals surface area (Å²) in [5, 5.41) is 6.67. The second-order valence-electron chi connectivity index (χ2n) is 6.94. The van der Waals surface area contributed by atoms with Crippen LogP contribution in [0, 0.1) is 0 Å². The highest BCUT2D eigenvalue weighted by atomic mass is 79.9. The van der Waals surface area contributed by atoms with Crippen molar-refractivity contribution in [3.05, 3.63) is 76.3 Å². The van der Waals surface area contributed by atoms with Gasteiger partial charge in [-0.1, -0.05) is 51.9 Å². The quantitative estimate of drug-likeness (QED) is 0.509. The molecular weight excluding hydrogens is 384 g/mol. The molecule has 2 heterocycles. The van der Waals surface area contributed by atoms with Gasteiger partial charge in [-0.15, -0.1) is 6.58 Å². The van der Waals surface area contributed by atoms with Gasteiger partial charge >= 0.3 is 0 Å². The van der Waals surface area contributed by atoms with Crippen LogP contribution in [0.5, 0.6) is 0 Å². The van der Waals surface area contributed by atoms with Crippen molar-refractivity contribution in [2.75, 3.05) is 23.7 Å². The minimum absolute atomic E-state index is 1.07. The van der Waals surface area contributed by atoms with Gasteiger partial charge in [-0.2, -0.15) is 0 Å². The minimum Gasteiger partial charge on any atom is -0.384 e. The molecule has 26 heavy (non-hydrogen) atoms. The molecule has 0 atom stereocenters. The largest absolute Gasteiger partial charge is 0.384 e. The van der Waals surface area contributed by atoms with Crippen molar-refractivity contribution in [2.24, 2.45) is 0 Å². The molecule has 4 rings (SSSR count). The Bertz CT molecular complexity index is 789. The van der Waals surface area contributed by atoms with E-state index in [1.165, 1.54) is 38.1 Å². The summed E-state index contributed by atoms with van der Waals surface area (Å²) in [6.45, 7) is 15.7. The SMILES string of the molecule is Brc1cccc2c1CCN2.C=C(C)C.C=C(C)c1cccc2c1CCN2. The molecule has 0 radical (unpaired) electrons. The van der Waals surface area contributed by atoms with Crippen LogP contribution in [0.15, 0.2) is 59.6 Å². The highest BCUT2D eigenvalue weighted by Gasteiger charge is 2.13. The molecule has 2 aromatic rings. The lowest BCUT2D eigenvalue weighted by Gasteiger charge is -2.06. The second kappa shape index (κ2) is 9.63. The summed E-state index contributed by atoms with van der Waals surface area (Å²) in [5.41, 5.74) is 9.07. The van der Waals surface area contributed by atoms with Gasteiger partial charge in [0.1, 0.15) is 0 Å². The monoisotopic (exact) mass is 412 g/mol. The number of halogens is 1. The van der Waals surface area contributed by atoms with Crippen LogP contribution in [-0.4, -0.2) is 13.1 Å². The van der Waals surface area contributed by atoms with E-state index in [0.29, 0.717) is 0 Å². The van der Waals surface area contributed by atoms with Crippen LogP contribution in [0.2, 0.25) is 0 Å². The van der Waals surface area contributed by atoms with Gasteiger partial charge in [0.05, 0.1) is 0 Å². The predicted molar refractivity (Wildman–Crippen MR) is 120 cm³/mol. The Hall–Kier alpha value is -2.00. The van der Waals surface area contributed by atoms with Crippen molar-refractivity contribution in [3.8, 4) is 0 Å². The van der Waals surface area contributed by atoms with Gasteiger partial charge in [0.25, 0.3) is 0 Å². The third-order valence-electron chi connectivity index (χ3n) is 4.14. The van der Waals surface area contributed by atoms with Crippen LogP contribution in [0.1, 0.15) is 37.5 Å². The Morgan fingerprint density at radius 1 is 0.846 bits per heavy atom. The fourth-order valence-electron chi connectivity index (χ4n) is 3.04. The maximum Gasteiger partial charge on any atom is 0.0384 e. The molecule has 0 fully saturated rings. The first-order chi connectivity index (χ1) is 12.4. The molecule has 0 unspecified atom stereocenters. The van der Waals surface area contributed by atoms with Gasteiger partial charge in [0, 0.05) is 28.9 Å². The molecule has 3 heteroatoms. The van der Waals surface area contributed by atoms with Gasteiger partial charge in [-0.3, -0.25) is 0 Å². The van der Waals surface area contributed by atoms with Gasteiger partial charge in [-0.25, -0.2) is 0 Å². The van der Waals surface area contributed by atoms with E-state index in [1.54, 1.807) is 0 Å². The summed E-state index contributed by atoms with van der Waals surface area (Å²) in [5.74, 6) is 0. The zero-order chi connectivity index (χ0) is 19.1. The molecule has 0 bridgehead atoms. The first-order valence-corrected chi connectivity index (χ1v) is 9.84. The van der Waals surface area contributed by atoms with Crippen molar-refractivity contribution in [2.45, 2.75) is 33.6 Å². The molecule has 0 saturated heterocycles. The van der Waals surface area contributed by atoms with E-state index in [1.807, 2.05) is 13.8 Å². The molecule has 2 aliphatic heterocycles. The molecule has 0 amide bonds. The Kier molecular flexibility index (Phi) is 7.52. The number of fused-ring (bicyclic) bond motifs is 2. The number of anilines is 2. The van der Waals surface area contributed by atoms with E-state index in [0.717, 1.165) is 31.5 Å². The molecule has 138 valence electrons. The van der Waals surface area contributed by atoms with Crippen LogP contribution in [0.3, 0.4) is 0 Å². The van der Waals surface area contributed by atoms with E-state index < -0.39 is 0 Å². The normalized spacial score (nSPS) is 12.9. The highest BCUT2D eigenvalue weighted by Crippen LogP contribution is 2.29. The molecular formula is C23H29BrN2. The Balaban J connectivity index is 0.000000158. The van der Waals surface area contributed by atoms with E-state index in [4.69, 9.17) is 0 Å². The van der Waals surface area contributed by atoms with E-state index >= 15 is 0 Å². The number of nitrogens with one attached hydrogen (secondary N) is 2. The fourth-order valence-corrected chi connectivity index (χ4v) is 3.61. The van der Waals surface area contributed by atoms with E-state index in [9.17, 15) is 0 Å². The minimum atomic E-state index is 1.07. The van der Waals surface area contributed by atoms with Crippen LogP contribution in [0.4, 0.5) is 11.4 Å². The number of benzene rings is 2. The van der Waals surface area contributed by atoms with Gasteiger partial charge < -0.3 is 10.6 Å². The standard InChI is InChI=1S/C11H13N.C8H8BrN.C4H8/c1-8(2)9-4-3-5-11-10(9)6-7-12-11;9-7-2-1-3-8-6(7)4-5-10-8;1-4(2)3/h3-5,12H,1,6-7H2,2H3;1-3,10H,4-5H2;1H2,2-3H3. The predicted octanol–water partition coefficient (Wildman–Crippen LogP) is 6.69. The topological polar surface area (TPSA) is 24.1 Å². The molecule has 0 aromatic heterocycles. The number of hydrogen-bond donors (Lipinski definition) is 2. The molecule has 2 nitrogen and oxygen atoms in total. The van der Waals surface area contributed by atoms with Crippen LogP contribution in [-0.2, 0) is 12.8 Å². The number of allylic oxidation sites excluding steroid dienone is 2. The zero-order valence-electron chi connectivity index (χ0n) is 16.1. The number of hydrogen-bond acceptors (Lipinski definition) is 2. The maximum atomic E-state index is 3.98. The third kappa shape index (κ3) is 5.50. The van der Waals surface area contributed by atoms with Crippen molar-refractivity contribution >= 4 is 32.9 Å². The summed E-state index contributed by atoms with van der Waals surface area (Å²) < 4.78 is 1.23. The van der Waals surface area contributed by atoms with Gasteiger partial charge in [0.15, 0.2) is 0 Å². The fraction of sp³-hybridized carbons (Fsp3) is 0.304. The Labute approximate surface area is 166 Å². The summed E-state index contributed by atoms with van der Waals surface area (Å²) in [7, 11) is 0. The Morgan fingerprint density at radius 2 is 1.35 bits per heavy atom. The van der Waals surface area contributed by atoms with Crippen molar-refractivity contribution in [1.82, 2.24) is 0 Å². The molecule has 2 aromatic carbocycles. The third-order valence-corrected chi connectivity index (χ3v) is 4.88. The number of rotatable bonds is 1. The van der Waals surface area contributed by atoms with Crippen molar-refractivity contribution in [1.29, 1.82) is 0 Å². The molecule has 2 aliphatic rings. The summed E-state index contributed by atoms with van der Waals surface area (Å²) in [6, 6.07) is 12.6. The summed E-state index contributed by atoms with van der Waals surface area (Å²) >= 11 is 3.51. The van der Waals surface area contributed by atoms with Crippen LogP contribution < -0.4 is 10.6 Å². The first kappa shape index (κ1) is 20.3. The lowest BCUT2D eigenvalue weighted by molar-refractivity contribution is 1.10. The molecule has 0 spiro atoms. The maximum absolute atomic E-state index is 3.98. The lowest BCUT2D eigenvalue weighted by Crippen LogP contribution is -1.90. The van der Waals surface area contributed by atoms with Crippen LogP contribution in [0.25, 0.3) is 5.57 Å². The smallest absolute Gasteiger partial charge is 0.0384 e. The van der Waals surface area contributed by atoms with Gasteiger partial charge in [0.2, 0.25) is 0 Å². The van der Waals surface area contributed by atoms with E-state index in [2.05, 4.69) is 83.0 Å². The van der Waals surface area contributed by atoms with E-state index in [-0.39, 0.29) is 0 Å². The van der Waals surface area contributed by atoms with Crippen molar-refractivity contribution in [3.63, 3.8) is 0 Å². The summed E-state index contributed by atoms with van der Waals surface area (Å²) in [4.78, 5) is 0. The molecule has 0 aliphatic carbocycles. The first-order valence-electron chi connectivity index (χ1n) is 9.05. The summed E-state index contributed by atoms with van der Waals surface area (Å²) in [6.07, 6.45) is 2.29. The average Bonchev–Trinajstić information content (AvgIpc) is 3.24.